The number of ether oxygens (including phenoxy) is 2. The zero-order valence-electron chi connectivity index (χ0n) is 12.5. The van der Waals surface area contributed by atoms with E-state index in [0.717, 1.165) is 23.3 Å². The van der Waals surface area contributed by atoms with E-state index >= 15 is 0 Å². The molecule has 0 aromatic heterocycles. The normalized spacial score (nSPS) is 18.1. The first kappa shape index (κ1) is 13.6. The maximum Gasteiger partial charge on any atom is 0.163 e. The highest BCUT2D eigenvalue weighted by Gasteiger charge is 2.41. The van der Waals surface area contributed by atoms with Crippen LogP contribution in [0.2, 0.25) is 0 Å². The predicted octanol–water partition coefficient (Wildman–Crippen LogP) is 4.08. The van der Waals surface area contributed by atoms with Crippen molar-refractivity contribution in [1.82, 2.24) is 0 Å². The molecular formula is C17H25NO2. The van der Waals surface area contributed by atoms with E-state index in [1.54, 1.807) is 0 Å². The van der Waals surface area contributed by atoms with Crippen molar-refractivity contribution in [3.63, 3.8) is 0 Å². The molecule has 2 saturated carbocycles. The van der Waals surface area contributed by atoms with Crippen LogP contribution in [0.1, 0.15) is 39.5 Å². The van der Waals surface area contributed by atoms with E-state index in [2.05, 4.69) is 17.4 Å². The Morgan fingerprint density at radius 1 is 1.00 bits per heavy atom. The van der Waals surface area contributed by atoms with Crippen LogP contribution in [0.3, 0.4) is 0 Å². The van der Waals surface area contributed by atoms with Crippen LogP contribution in [0.5, 0.6) is 11.5 Å². The van der Waals surface area contributed by atoms with Gasteiger partial charge in [0.15, 0.2) is 11.5 Å². The first-order valence-corrected chi connectivity index (χ1v) is 7.98. The number of hydrogen-bond donors (Lipinski definition) is 1. The van der Waals surface area contributed by atoms with Crippen LogP contribution in [0.4, 0.5) is 5.69 Å². The molecule has 0 amide bonds. The van der Waals surface area contributed by atoms with Gasteiger partial charge in [0.1, 0.15) is 0 Å². The van der Waals surface area contributed by atoms with Gasteiger partial charge in [0.2, 0.25) is 0 Å². The van der Waals surface area contributed by atoms with Gasteiger partial charge in [0.05, 0.1) is 13.2 Å². The first-order chi connectivity index (χ1) is 9.81. The van der Waals surface area contributed by atoms with E-state index in [9.17, 15) is 0 Å². The second-order valence-electron chi connectivity index (χ2n) is 5.87. The van der Waals surface area contributed by atoms with Gasteiger partial charge in [0, 0.05) is 17.8 Å². The molecule has 0 spiro atoms. The van der Waals surface area contributed by atoms with Crippen molar-refractivity contribution in [2.75, 3.05) is 18.5 Å². The molecule has 3 rings (SSSR count). The molecule has 2 aliphatic carbocycles. The molecule has 3 nitrogen and oxygen atoms in total. The summed E-state index contributed by atoms with van der Waals surface area (Å²) < 4.78 is 11.3. The van der Waals surface area contributed by atoms with Crippen LogP contribution in [0.15, 0.2) is 18.2 Å². The zero-order chi connectivity index (χ0) is 13.9. The third-order valence-electron chi connectivity index (χ3n) is 4.14. The van der Waals surface area contributed by atoms with Crippen molar-refractivity contribution in [3.8, 4) is 11.5 Å². The van der Waals surface area contributed by atoms with Crippen molar-refractivity contribution in [2.45, 2.75) is 45.6 Å². The minimum Gasteiger partial charge on any atom is -0.490 e. The minimum absolute atomic E-state index is 0.665. The molecule has 110 valence electrons. The molecule has 1 N–H and O–H groups in total. The number of anilines is 1. The van der Waals surface area contributed by atoms with Crippen molar-refractivity contribution in [1.29, 1.82) is 0 Å². The highest BCUT2D eigenvalue weighted by atomic mass is 16.5. The fourth-order valence-electron chi connectivity index (χ4n) is 2.86. The van der Waals surface area contributed by atoms with Gasteiger partial charge >= 0.3 is 0 Å². The zero-order valence-corrected chi connectivity index (χ0v) is 12.5. The average molecular weight is 275 g/mol. The van der Waals surface area contributed by atoms with Crippen LogP contribution < -0.4 is 14.8 Å². The number of benzene rings is 1. The number of nitrogens with one attached hydrogen (secondary N) is 1. The molecule has 0 radical (unpaired) electrons. The lowest BCUT2D eigenvalue weighted by molar-refractivity contribution is 0.288. The lowest BCUT2D eigenvalue weighted by Gasteiger charge is -2.20. The van der Waals surface area contributed by atoms with Gasteiger partial charge in [0.25, 0.3) is 0 Å². The van der Waals surface area contributed by atoms with Crippen LogP contribution in [-0.4, -0.2) is 19.3 Å². The minimum atomic E-state index is 0.665. The van der Waals surface area contributed by atoms with E-state index in [-0.39, 0.29) is 0 Å². The Balaban J connectivity index is 1.73. The van der Waals surface area contributed by atoms with E-state index in [0.29, 0.717) is 19.3 Å². The largest absolute Gasteiger partial charge is 0.490 e. The van der Waals surface area contributed by atoms with Crippen molar-refractivity contribution < 1.29 is 9.47 Å². The molecule has 1 aromatic rings. The molecule has 2 aliphatic rings. The van der Waals surface area contributed by atoms with Gasteiger partial charge in [-0.2, -0.15) is 0 Å². The van der Waals surface area contributed by atoms with Crippen LogP contribution >= 0.6 is 0 Å². The summed E-state index contributed by atoms with van der Waals surface area (Å²) in [5, 5.41) is 3.74. The fourth-order valence-corrected chi connectivity index (χ4v) is 2.86. The summed E-state index contributed by atoms with van der Waals surface area (Å²) in [5.41, 5.74) is 1.17. The standard InChI is InChI=1S/C17H25NO2/c1-3-19-15-10-9-14(11-16(15)20-4-2)18-17(12-5-6-12)13-7-8-13/h9-13,17-18H,3-8H2,1-2H3. The average Bonchev–Trinajstić information content (AvgIpc) is 3.32. The lowest BCUT2D eigenvalue weighted by Crippen LogP contribution is -2.24. The second-order valence-corrected chi connectivity index (χ2v) is 5.87. The van der Waals surface area contributed by atoms with Crippen molar-refractivity contribution in [3.05, 3.63) is 18.2 Å². The van der Waals surface area contributed by atoms with Gasteiger partial charge in [-0.15, -0.1) is 0 Å². The van der Waals surface area contributed by atoms with Gasteiger partial charge in [-0.3, -0.25) is 0 Å². The Labute approximate surface area is 121 Å². The van der Waals surface area contributed by atoms with Gasteiger partial charge in [-0.25, -0.2) is 0 Å². The van der Waals surface area contributed by atoms with E-state index in [1.165, 1.54) is 31.4 Å². The second kappa shape index (κ2) is 5.94. The third-order valence-corrected chi connectivity index (χ3v) is 4.14. The molecule has 0 heterocycles. The predicted molar refractivity (Wildman–Crippen MR) is 81.6 cm³/mol. The van der Waals surface area contributed by atoms with Crippen molar-refractivity contribution >= 4 is 5.69 Å². The summed E-state index contributed by atoms with van der Waals surface area (Å²) in [5.74, 6) is 3.48. The molecule has 0 aliphatic heterocycles. The Hall–Kier alpha value is -1.38. The van der Waals surface area contributed by atoms with E-state index in [1.807, 2.05) is 19.9 Å². The molecule has 3 heteroatoms. The van der Waals surface area contributed by atoms with Gasteiger partial charge < -0.3 is 14.8 Å². The highest BCUT2D eigenvalue weighted by molar-refractivity contribution is 5.55. The topological polar surface area (TPSA) is 30.5 Å². The summed E-state index contributed by atoms with van der Waals surface area (Å²) in [6.45, 7) is 5.34. The van der Waals surface area contributed by atoms with Crippen LogP contribution in [0, 0.1) is 11.8 Å². The Bertz CT molecular complexity index is 440. The summed E-state index contributed by atoms with van der Waals surface area (Å²) in [7, 11) is 0. The summed E-state index contributed by atoms with van der Waals surface area (Å²) >= 11 is 0. The number of hydrogen-bond acceptors (Lipinski definition) is 3. The molecule has 2 fully saturated rings. The maximum absolute atomic E-state index is 5.70. The van der Waals surface area contributed by atoms with Crippen LogP contribution in [0.25, 0.3) is 0 Å². The molecule has 0 atom stereocenters. The number of rotatable bonds is 8. The molecule has 0 unspecified atom stereocenters. The Morgan fingerprint density at radius 2 is 1.60 bits per heavy atom. The summed E-state index contributed by atoms with van der Waals surface area (Å²) in [6.07, 6.45) is 5.57. The SMILES string of the molecule is CCOc1ccc(NC(C2CC2)C2CC2)cc1OCC. The molecule has 0 bridgehead atoms. The first-order valence-electron chi connectivity index (χ1n) is 7.98. The van der Waals surface area contributed by atoms with Gasteiger partial charge in [-0.05, 0) is 63.5 Å². The fraction of sp³-hybridized carbons (Fsp3) is 0.647. The van der Waals surface area contributed by atoms with E-state index in [4.69, 9.17) is 9.47 Å². The highest BCUT2D eigenvalue weighted by Crippen LogP contribution is 2.46. The lowest BCUT2D eigenvalue weighted by atomic mass is 10.1. The maximum atomic E-state index is 5.70. The quantitative estimate of drug-likeness (QED) is 0.775. The van der Waals surface area contributed by atoms with Crippen molar-refractivity contribution in [2.24, 2.45) is 11.8 Å². The smallest absolute Gasteiger partial charge is 0.163 e. The third kappa shape index (κ3) is 3.20. The van der Waals surface area contributed by atoms with Gasteiger partial charge in [-0.1, -0.05) is 0 Å². The summed E-state index contributed by atoms with van der Waals surface area (Å²) in [4.78, 5) is 0. The Morgan fingerprint density at radius 3 is 2.15 bits per heavy atom. The monoisotopic (exact) mass is 275 g/mol. The molecule has 20 heavy (non-hydrogen) atoms. The molecule has 0 saturated heterocycles. The Kier molecular flexibility index (Phi) is 4.04. The molecular weight excluding hydrogens is 250 g/mol. The molecule has 1 aromatic carbocycles. The summed E-state index contributed by atoms with van der Waals surface area (Å²) in [6, 6.07) is 6.90. The van der Waals surface area contributed by atoms with Crippen LogP contribution in [-0.2, 0) is 0 Å². The van der Waals surface area contributed by atoms with E-state index < -0.39 is 0 Å².